The van der Waals surface area contributed by atoms with E-state index in [2.05, 4.69) is 47.9 Å². The Hall–Kier alpha value is -3.92. The summed E-state index contributed by atoms with van der Waals surface area (Å²) in [6, 6.07) is 19.5. The van der Waals surface area contributed by atoms with Crippen LogP contribution >= 0.6 is 0 Å². The Labute approximate surface area is 274 Å². The molecule has 10 heteroatoms. The van der Waals surface area contributed by atoms with Crippen LogP contribution in [-0.2, 0) is 28.4 Å². The maximum absolute atomic E-state index is 13.0. The van der Waals surface area contributed by atoms with Gasteiger partial charge in [0.15, 0.2) is 11.6 Å². The van der Waals surface area contributed by atoms with Crippen molar-refractivity contribution in [3.05, 3.63) is 77.4 Å². The van der Waals surface area contributed by atoms with Crippen molar-refractivity contribution in [1.29, 1.82) is 5.41 Å². The van der Waals surface area contributed by atoms with Crippen LogP contribution in [0.3, 0.4) is 0 Å². The monoisotopic (exact) mass is 647 g/mol. The molecule has 0 atom stereocenters. The normalized spacial score (nSPS) is 14.0. The zero-order chi connectivity index (χ0) is 33.3. The minimum atomic E-state index is -3.57. The molecule has 248 valence electrons. The van der Waals surface area contributed by atoms with Crippen LogP contribution in [0.4, 0.5) is 10.6 Å². The van der Waals surface area contributed by atoms with Crippen LogP contribution in [0.1, 0.15) is 89.3 Å². The van der Waals surface area contributed by atoms with E-state index in [1.807, 2.05) is 49.4 Å². The molecule has 1 aliphatic carbocycles. The number of carbonyl (C=O) groups is 1. The van der Waals surface area contributed by atoms with Gasteiger partial charge in [0.05, 0.1) is 18.1 Å². The molecule has 9 nitrogen and oxygen atoms in total. The lowest BCUT2D eigenvalue weighted by Crippen LogP contribution is -2.43. The molecule has 0 aliphatic heterocycles. The number of amidine groups is 1. The molecule has 4 rings (SSSR count). The van der Waals surface area contributed by atoms with Crippen molar-refractivity contribution < 1.29 is 17.9 Å². The number of carbonyl (C=O) groups excluding carboxylic acids is 1. The van der Waals surface area contributed by atoms with E-state index >= 15 is 0 Å². The predicted molar refractivity (Wildman–Crippen MR) is 186 cm³/mol. The zero-order valence-electron chi connectivity index (χ0n) is 27.9. The Kier molecular flexibility index (Phi) is 11.8. The van der Waals surface area contributed by atoms with Gasteiger partial charge in [0.1, 0.15) is 5.84 Å². The van der Waals surface area contributed by atoms with Crippen LogP contribution in [0.2, 0.25) is 0 Å². The third-order valence-corrected chi connectivity index (χ3v) is 10.4. The molecule has 0 bridgehead atoms. The number of hydrogen-bond acceptors (Lipinski definition) is 6. The lowest BCUT2D eigenvalue weighted by molar-refractivity contribution is 0.221. The summed E-state index contributed by atoms with van der Waals surface area (Å²) in [5, 5.41) is 11.1. The Morgan fingerprint density at radius 1 is 0.978 bits per heavy atom. The highest BCUT2D eigenvalue weighted by Gasteiger charge is 2.28. The van der Waals surface area contributed by atoms with E-state index in [0.717, 1.165) is 48.8 Å². The Bertz CT molecular complexity index is 1580. The van der Waals surface area contributed by atoms with E-state index in [-0.39, 0.29) is 17.3 Å². The molecule has 3 N–H and O–H groups in total. The van der Waals surface area contributed by atoms with E-state index in [9.17, 15) is 13.2 Å². The van der Waals surface area contributed by atoms with Crippen molar-refractivity contribution >= 4 is 27.7 Å². The van der Waals surface area contributed by atoms with Crippen LogP contribution in [0.15, 0.2) is 60.7 Å². The summed E-state index contributed by atoms with van der Waals surface area (Å²) in [7, 11) is -2.06. The summed E-state index contributed by atoms with van der Waals surface area (Å²) in [6.45, 7) is 9.24. The first-order chi connectivity index (χ1) is 21.9. The number of anilines is 1. The molecule has 46 heavy (non-hydrogen) atoms. The number of ether oxygens (including phenoxy) is 1. The van der Waals surface area contributed by atoms with Gasteiger partial charge in [0.25, 0.3) is 0 Å². The Balaban J connectivity index is 1.30. The fourth-order valence-corrected chi connectivity index (χ4v) is 7.26. The van der Waals surface area contributed by atoms with Gasteiger partial charge in [0.2, 0.25) is 10.0 Å². The van der Waals surface area contributed by atoms with Gasteiger partial charge in [-0.2, -0.15) is 0 Å². The number of amides is 2. The highest BCUT2D eigenvalue weighted by molar-refractivity contribution is 7.93. The van der Waals surface area contributed by atoms with Gasteiger partial charge < -0.3 is 10.1 Å². The summed E-state index contributed by atoms with van der Waals surface area (Å²) < 4.78 is 34.2. The number of rotatable bonds is 12. The van der Waals surface area contributed by atoms with Crippen LogP contribution < -0.4 is 14.8 Å². The second-order valence-corrected chi connectivity index (χ2v) is 15.0. The lowest BCUT2D eigenvalue weighted by atomic mass is 9.87. The molecule has 2 aromatic carbocycles. The van der Waals surface area contributed by atoms with E-state index in [4.69, 9.17) is 10.1 Å². The largest absolute Gasteiger partial charge is 0.493 e. The van der Waals surface area contributed by atoms with Crippen molar-refractivity contribution in [3.63, 3.8) is 0 Å². The fourth-order valence-electron chi connectivity index (χ4n) is 5.73. The van der Waals surface area contributed by atoms with Gasteiger partial charge in [-0.05, 0) is 66.8 Å². The topological polar surface area (TPSA) is 124 Å². The minimum Gasteiger partial charge on any atom is -0.493 e. The Morgan fingerprint density at radius 3 is 2.24 bits per heavy atom. The molecule has 1 aliphatic rings. The number of benzene rings is 2. The van der Waals surface area contributed by atoms with Gasteiger partial charge in [-0.25, -0.2) is 18.2 Å². The van der Waals surface area contributed by atoms with Crippen LogP contribution in [0.25, 0.3) is 11.3 Å². The van der Waals surface area contributed by atoms with Gasteiger partial charge in [-0.15, -0.1) is 0 Å². The molecule has 2 amide bonds. The molecule has 1 aromatic heterocycles. The van der Waals surface area contributed by atoms with Gasteiger partial charge >= 0.3 is 6.03 Å². The van der Waals surface area contributed by atoms with Gasteiger partial charge in [-0.3, -0.25) is 15.0 Å². The van der Waals surface area contributed by atoms with Crippen molar-refractivity contribution in [2.75, 3.05) is 18.4 Å². The average molecular weight is 648 g/mol. The second-order valence-electron chi connectivity index (χ2n) is 13.0. The number of hydrogen-bond donors (Lipinski definition) is 3. The first-order valence-electron chi connectivity index (χ1n) is 16.3. The summed E-state index contributed by atoms with van der Waals surface area (Å²) in [5.74, 6) is 0.883. The molecule has 0 spiro atoms. The fraction of sp³-hybridized carbons (Fsp3) is 0.472. The van der Waals surface area contributed by atoms with E-state index in [0.29, 0.717) is 49.6 Å². The summed E-state index contributed by atoms with van der Waals surface area (Å²) in [4.78, 5) is 19.0. The van der Waals surface area contributed by atoms with Gasteiger partial charge in [-0.1, -0.05) is 88.6 Å². The van der Waals surface area contributed by atoms with Crippen LogP contribution in [0, 0.1) is 5.41 Å². The Morgan fingerprint density at radius 2 is 1.63 bits per heavy atom. The van der Waals surface area contributed by atoms with Gasteiger partial charge in [0, 0.05) is 25.1 Å². The molecule has 0 saturated heterocycles. The average Bonchev–Trinajstić information content (AvgIpc) is 3.04. The molecule has 1 saturated carbocycles. The second kappa shape index (κ2) is 15.6. The highest BCUT2D eigenvalue weighted by Crippen LogP contribution is 2.31. The SMILES string of the molecule is CCN(C(=N)CCCc1ccc(-c2ccc(OC)c(NS(=O)(=O)C3CCCCC3)n2)cc1)C(=O)NCc1ccc(C(C)(C)C)cc1. The molecule has 0 radical (unpaired) electrons. The third-order valence-electron chi connectivity index (χ3n) is 8.59. The number of sulfonamides is 1. The van der Waals surface area contributed by atoms with E-state index in [1.54, 1.807) is 6.07 Å². The third kappa shape index (κ3) is 9.31. The number of nitrogens with zero attached hydrogens (tertiary/aromatic N) is 2. The number of pyridine rings is 1. The van der Waals surface area contributed by atoms with Crippen LogP contribution in [-0.4, -0.2) is 49.1 Å². The summed E-state index contributed by atoms with van der Waals surface area (Å²) >= 11 is 0. The van der Waals surface area contributed by atoms with E-state index in [1.165, 1.54) is 17.6 Å². The van der Waals surface area contributed by atoms with Crippen molar-refractivity contribution in [1.82, 2.24) is 15.2 Å². The maximum Gasteiger partial charge on any atom is 0.323 e. The number of aromatic nitrogens is 1. The highest BCUT2D eigenvalue weighted by atomic mass is 32.2. The van der Waals surface area contributed by atoms with E-state index < -0.39 is 15.3 Å². The maximum atomic E-state index is 13.0. The summed E-state index contributed by atoms with van der Waals surface area (Å²) in [6.07, 6.45) is 6.20. The molecule has 0 unspecified atom stereocenters. The predicted octanol–water partition coefficient (Wildman–Crippen LogP) is 7.66. The molecular weight excluding hydrogens is 598 g/mol. The molecule has 1 heterocycles. The van der Waals surface area contributed by atoms with Crippen molar-refractivity contribution in [2.45, 2.75) is 96.3 Å². The lowest BCUT2D eigenvalue weighted by Gasteiger charge is -2.23. The van der Waals surface area contributed by atoms with Crippen LogP contribution in [0.5, 0.6) is 5.75 Å². The first-order valence-corrected chi connectivity index (χ1v) is 17.8. The summed E-state index contributed by atoms with van der Waals surface area (Å²) in [5.41, 5.74) is 4.96. The standard InChI is InChI=1S/C36H49N5O4S/c1-6-41(35(42)38-25-27-17-21-29(22-18-27)36(2,3)4)33(37)14-10-11-26-15-19-28(20-16-26)31-23-24-32(45-5)34(39-31)40-46(43,44)30-12-8-7-9-13-30/h15-24,30,37H,6-14,25H2,1-5H3,(H,38,42)(H,39,40). The first kappa shape index (κ1) is 34.9. The quantitative estimate of drug-likeness (QED) is 0.138. The number of aryl methyl sites for hydroxylation is 1. The van der Waals surface area contributed by atoms with Crippen molar-refractivity contribution in [2.24, 2.45) is 0 Å². The molecular formula is C36H49N5O4S. The molecule has 1 fully saturated rings. The van der Waals surface area contributed by atoms with Crippen molar-refractivity contribution in [3.8, 4) is 17.0 Å². The number of nitrogens with one attached hydrogen (secondary N) is 3. The minimum absolute atomic E-state index is 0.0776. The smallest absolute Gasteiger partial charge is 0.323 e. The zero-order valence-corrected chi connectivity index (χ0v) is 28.7. The number of urea groups is 1. The number of methoxy groups -OCH3 is 1. The molecule has 3 aromatic rings.